The van der Waals surface area contributed by atoms with Gasteiger partial charge >= 0.3 is 5.97 Å². The molecule has 0 atom stereocenters. The zero-order valence-corrected chi connectivity index (χ0v) is 12.3. The normalized spacial score (nSPS) is 14.7. The Kier molecular flexibility index (Phi) is 4.27. The summed E-state index contributed by atoms with van der Waals surface area (Å²) in [5.41, 5.74) is 3.29. The van der Waals surface area contributed by atoms with Crippen LogP contribution in [0.15, 0.2) is 48.5 Å². The van der Waals surface area contributed by atoms with Crippen molar-refractivity contribution in [3.05, 3.63) is 59.7 Å². The van der Waals surface area contributed by atoms with Crippen LogP contribution in [0.2, 0.25) is 0 Å². The minimum Gasteiger partial charge on any atom is -0.478 e. The molecule has 3 rings (SSSR count). The first-order valence-corrected chi connectivity index (χ1v) is 7.90. The lowest BCUT2D eigenvalue weighted by atomic mass is 9.99. The highest BCUT2D eigenvalue weighted by atomic mass is 32.2. The Hall–Kier alpha value is -1.78. The summed E-state index contributed by atoms with van der Waals surface area (Å²) in [4.78, 5) is 11.3. The molecule has 21 heavy (non-hydrogen) atoms. The maximum Gasteiger partial charge on any atom is 0.336 e. The van der Waals surface area contributed by atoms with Crippen molar-refractivity contribution in [3.63, 3.8) is 0 Å². The van der Waals surface area contributed by atoms with Gasteiger partial charge in [-0.3, -0.25) is 0 Å². The van der Waals surface area contributed by atoms with Gasteiger partial charge in [-0.2, -0.15) is 0 Å². The summed E-state index contributed by atoms with van der Waals surface area (Å²) in [7, 11) is 0. The van der Waals surface area contributed by atoms with Crippen molar-refractivity contribution in [2.75, 3.05) is 13.2 Å². The molecule has 0 unspecified atom stereocenters. The number of carbonyl (C=O) groups is 1. The van der Waals surface area contributed by atoms with Crippen LogP contribution in [-0.4, -0.2) is 29.5 Å². The van der Waals surface area contributed by atoms with Gasteiger partial charge in [0.2, 0.25) is 0 Å². The maximum absolute atomic E-state index is 11.3. The van der Waals surface area contributed by atoms with E-state index in [4.69, 9.17) is 4.74 Å². The summed E-state index contributed by atoms with van der Waals surface area (Å²) >= 11 is 1.91. The fraction of sp³-hybridized carbons (Fsp3) is 0.235. The van der Waals surface area contributed by atoms with Gasteiger partial charge in [0, 0.05) is 5.75 Å². The number of aromatic carboxylic acids is 1. The summed E-state index contributed by atoms with van der Waals surface area (Å²) in [6, 6.07) is 15.2. The van der Waals surface area contributed by atoms with E-state index in [0.29, 0.717) is 10.8 Å². The third kappa shape index (κ3) is 3.28. The van der Waals surface area contributed by atoms with Crippen LogP contribution in [-0.2, 0) is 10.5 Å². The molecule has 0 bridgehead atoms. The number of benzene rings is 2. The highest BCUT2D eigenvalue weighted by Crippen LogP contribution is 2.27. The minimum absolute atomic E-state index is 0.339. The molecule has 1 aliphatic rings. The second-order valence-electron chi connectivity index (χ2n) is 5.02. The van der Waals surface area contributed by atoms with Gasteiger partial charge in [0.15, 0.2) is 0 Å². The number of thioether (sulfide) groups is 1. The average molecular weight is 300 g/mol. The zero-order chi connectivity index (χ0) is 14.7. The first-order valence-electron chi connectivity index (χ1n) is 6.85. The van der Waals surface area contributed by atoms with E-state index in [0.717, 1.165) is 30.1 Å². The van der Waals surface area contributed by atoms with Crippen molar-refractivity contribution in [1.82, 2.24) is 0 Å². The monoisotopic (exact) mass is 300 g/mol. The number of carboxylic acid groups (broad SMARTS) is 1. The second-order valence-corrected chi connectivity index (χ2v) is 6.31. The first kappa shape index (κ1) is 14.2. The van der Waals surface area contributed by atoms with Crippen LogP contribution in [0.25, 0.3) is 11.1 Å². The number of carboxylic acids is 1. The molecule has 1 heterocycles. The smallest absolute Gasteiger partial charge is 0.336 e. The lowest BCUT2D eigenvalue weighted by Gasteiger charge is -2.25. The van der Waals surface area contributed by atoms with Gasteiger partial charge in [0.05, 0.1) is 24.0 Å². The maximum atomic E-state index is 11.3. The molecule has 108 valence electrons. The number of hydrogen-bond acceptors (Lipinski definition) is 3. The summed E-state index contributed by atoms with van der Waals surface area (Å²) in [5.74, 6) is 0.0738. The molecular formula is C17H16O3S. The van der Waals surface area contributed by atoms with Gasteiger partial charge in [0.25, 0.3) is 0 Å². The molecule has 0 amide bonds. The van der Waals surface area contributed by atoms with Gasteiger partial charge in [0.1, 0.15) is 0 Å². The van der Waals surface area contributed by atoms with E-state index in [2.05, 4.69) is 12.1 Å². The third-order valence-corrected chi connectivity index (χ3v) is 4.76. The number of ether oxygens (including phenoxy) is 1. The lowest BCUT2D eigenvalue weighted by Crippen LogP contribution is -2.30. The van der Waals surface area contributed by atoms with Gasteiger partial charge < -0.3 is 9.84 Å². The summed E-state index contributed by atoms with van der Waals surface area (Å²) in [6.07, 6.45) is 0. The molecular weight excluding hydrogens is 284 g/mol. The SMILES string of the molecule is O=C(O)c1ccccc1-c1ccc(CSC2COC2)cc1. The number of hydrogen-bond donors (Lipinski definition) is 1. The predicted molar refractivity (Wildman–Crippen MR) is 84.7 cm³/mol. The van der Waals surface area contributed by atoms with Gasteiger partial charge in [-0.05, 0) is 22.8 Å². The van der Waals surface area contributed by atoms with Crippen LogP contribution >= 0.6 is 11.8 Å². The highest BCUT2D eigenvalue weighted by Gasteiger charge is 2.18. The quantitative estimate of drug-likeness (QED) is 0.915. The molecule has 1 fully saturated rings. The molecule has 0 aliphatic carbocycles. The largest absolute Gasteiger partial charge is 0.478 e. The van der Waals surface area contributed by atoms with E-state index in [9.17, 15) is 9.90 Å². The molecule has 0 aromatic heterocycles. The van der Waals surface area contributed by atoms with Crippen LogP contribution in [0.4, 0.5) is 0 Å². The van der Waals surface area contributed by atoms with Crippen molar-refractivity contribution < 1.29 is 14.6 Å². The fourth-order valence-electron chi connectivity index (χ4n) is 2.23. The molecule has 0 saturated carbocycles. The van der Waals surface area contributed by atoms with Crippen LogP contribution in [0, 0.1) is 0 Å². The standard InChI is InChI=1S/C17H16O3S/c18-17(19)16-4-2-1-3-15(16)13-7-5-12(6-8-13)11-21-14-9-20-10-14/h1-8,14H,9-11H2,(H,18,19). The van der Waals surface area contributed by atoms with E-state index in [1.54, 1.807) is 12.1 Å². The summed E-state index contributed by atoms with van der Waals surface area (Å²) in [5, 5.41) is 9.87. The topological polar surface area (TPSA) is 46.5 Å². The van der Waals surface area contributed by atoms with Crippen molar-refractivity contribution in [2.24, 2.45) is 0 Å². The van der Waals surface area contributed by atoms with Gasteiger partial charge in [-0.15, -0.1) is 11.8 Å². The van der Waals surface area contributed by atoms with Crippen molar-refractivity contribution in [2.45, 2.75) is 11.0 Å². The van der Waals surface area contributed by atoms with Crippen molar-refractivity contribution in [3.8, 4) is 11.1 Å². The van der Waals surface area contributed by atoms with E-state index in [1.807, 2.05) is 36.0 Å². The highest BCUT2D eigenvalue weighted by molar-refractivity contribution is 7.99. The van der Waals surface area contributed by atoms with E-state index < -0.39 is 5.97 Å². The lowest BCUT2D eigenvalue weighted by molar-refractivity contribution is 0.0455. The molecule has 2 aromatic rings. The molecule has 4 heteroatoms. The summed E-state index contributed by atoms with van der Waals surface area (Å²) < 4.78 is 5.16. The summed E-state index contributed by atoms with van der Waals surface area (Å²) in [6.45, 7) is 1.71. The van der Waals surface area contributed by atoms with E-state index in [1.165, 1.54) is 5.56 Å². The molecule has 1 saturated heterocycles. The van der Waals surface area contributed by atoms with Crippen LogP contribution in [0.5, 0.6) is 0 Å². The van der Waals surface area contributed by atoms with Gasteiger partial charge in [-0.1, -0.05) is 42.5 Å². The first-order chi connectivity index (χ1) is 10.2. The Labute approximate surface area is 127 Å². The average Bonchev–Trinajstić information content (AvgIpc) is 2.46. The van der Waals surface area contributed by atoms with Crippen LogP contribution in [0.3, 0.4) is 0 Å². The Balaban J connectivity index is 1.75. The Morgan fingerprint density at radius 2 is 1.86 bits per heavy atom. The molecule has 3 nitrogen and oxygen atoms in total. The predicted octanol–water partition coefficient (Wildman–Crippen LogP) is 3.68. The fourth-order valence-corrected chi connectivity index (χ4v) is 3.23. The third-order valence-electron chi connectivity index (χ3n) is 3.52. The van der Waals surface area contributed by atoms with E-state index in [-0.39, 0.29) is 0 Å². The molecule has 0 spiro atoms. The number of rotatable bonds is 5. The minimum atomic E-state index is -0.893. The molecule has 2 aromatic carbocycles. The van der Waals surface area contributed by atoms with Gasteiger partial charge in [-0.25, -0.2) is 4.79 Å². The Morgan fingerprint density at radius 3 is 2.48 bits per heavy atom. The van der Waals surface area contributed by atoms with Crippen LogP contribution < -0.4 is 0 Å². The van der Waals surface area contributed by atoms with Crippen molar-refractivity contribution in [1.29, 1.82) is 0 Å². The molecule has 1 N–H and O–H groups in total. The Morgan fingerprint density at radius 1 is 1.14 bits per heavy atom. The molecule has 0 radical (unpaired) electrons. The molecule has 1 aliphatic heterocycles. The zero-order valence-electron chi connectivity index (χ0n) is 11.5. The van der Waals surface area contributed by atoms with Crippen molar-refractivity contribution >= 4 is 17.7 Å². The van der Waals surface area contributed by atoms with E-state index >= 15 is 0 Å². The van der Waals surface area contributed by atoms with Crippen LogP contribution in [0.1, 0.15) is 15.9 Å². The second kappa shape index (κ2) is 6.33. The Bertz CT molecular complexity index is 633.